The molecule has 12 nitrogen and oxygen atoms in total. The number of nitrogens with one attached hydrogen (secondary N) is 2. The number of carbonyl (C=O) groups excluding carboxylic acids is 4. The maximum Gasteiger partial charge on any atom is 0.508 e. The molecule has 0 aliphatic carbocycles. The first-order chi connectivity index (χ1) is 19.4. The van der Waals surface area contributed by atoms with Gasteiger partial charge in [-0.25, -0.2) is 4.79 Å². The lowest BCUT2D eigenvalue weighted by atomic mass is 9.93. The average molecular weight is 587 g/mol. The summed E-state index contributed by atoms with van der Waals surface area (Å²) in [4.78, 5) is 48.4. The predicted molar refractivity (Wildman–Crippen MR) is 151 cm³/mol. The zero-order valence-corrected chi connectivity index (χ0v) is 24.9. The Morgan fingerprint density at radius 3 is 2.29 bits per heavy atom. The van der Waals surface area contributed by atoms with Crippen LogP contribution in [-0.4, -0.2) is 96.4 Å². The summed E-state index contributed by atoms with van der Waals surface area (Å²) in [6.45, 7) is 5.67. The van der Waals surface area contributed by atoms with Crippen molar-refractivity contribution in [2.45, 2.75) is 122 Å². The Kier molecular flexibility index (Phi) is 17.4. The van der Waals surface area contributed by atoms with E-state index in [0.717, 1.165) is 32.4 Å². The van der Waals surface area contributed by atoms with Crippen molar-refractivity contribution in [2.24, 2.45) is 5.41 Å². The second kappa shape index (κ2) is 19.6. The van der Waals surface area contributed by atoms with Gasteiger partial charge < -0.3 is 45.0 Å². The molecule has 6 atom stereocenters. The monoisotopic (exact) mass is 586 g/mol. The molecule has 1 heterocycles. The van der Waals surface area contributed by atoms with Crippen molar-refractivity contribution in [3.05, 3.63) is 12.2 Å². The van der Waals surface area contributed by atoms with Gasteiger partial charge in [-0.2, -0.15) is 0 Å². The van der Waals surface area contributed by atoms with E-state index in [1.165, 1.54) is 38.2 Å². The van der Waals surface area contributed by atoms with Crippen LogP contribution in [0.4, 0.5) is 4.79 Å². The van der Waals surface area contributed by atoms with Crippen molar-refractivity contribution in [1.29, 1.82) is 0 Å². The maximum absolute atomic E-state index is 12.8. The van der Waals surface area contributed by atoms with E-state index in [2.05, 4.69) is 17.6 Å². The number of unbranched alkanes of at least 4 members (excludes halogenated alkanes) is 7. The van der Waals surface area contributed by atoms with E-state index >= 15 is 0 Å². The number of rotatable bonds is 19. The molecule has 12 heteroatoms. The minimum atomic E-state index is -1.85. The largest absolute Gasteiger partial charge is 0.508 e. The molecule has 6 unspecified atom stereocenters. The molecule has 1 saturated heterocycles. The number of carbonyl (C=O) groups is 4. The lowest BCUT2D eigenvalue weighted by Gasteiger charge is -2.28. The molecule has 0 aromatic carbocycles. The topological polar surface area (TPSA) is 181 Å². The molecular weight excluding hydrogens is 536 g/mol. The number of methoxy groups -OCH3 is 1. The Labute approximate surface area is 243 Å². The molecule has 0 aromatic rings. The number of allylic oxidation sites excluding steroid dienone is 1. The van der Waals surface area contributed by atoms with Crippen LogP contribution in [0.3, 0.4) is 0 Å². The van der Waals surface area contributed by atoms with Gasteiger partial charge in [0.25, 0.3) is 5.91 Å². The molecule has 5 N–H and O–H groups in total. The van der Waals surface area contributed by atoms with Gasteiger partial charge in [-0.1, -0.05) is 64.0 Å². The Hall–Kier alpha value is -2.54. The van der Waals surface area contributed by atoms with Crippen LogP contribution >= 0.6 is 0 Å². The normalized spacial score (nSPS) is 20.8. The van der Waals surface area contributed by atoms with E-state index in [0.29, 0.717) is 6.29 Å². The van der Waals surface area contributed by atoms with Crippen LogP contribution in [-0.2, 0) is 28.6 Å². The molecule has 2 amide bonds. The molecule has 0 saturated carbocycles. The molecular formula is C29H50N2O10. The Morgan fingerprint density at radius 1 is 1.05 bits per heavy atom. The van der Waals surface area contributed by atoms with E-state index in [4.69, 9.17) is 14.2 Å². The number of aliphatic hydroxyl groups excluding tert-OH is 3. The van der Waals surface area contributed by atoms with Crippen LogP contribution in [0.2, 0.25) is 0 Å². The molecule has 0 aromatic heterocycles. The summed E-state index contributed by atoms with van der Waals surface area (Å²) in [5.41, 5.74) is -0.901. The molecule has 1 rings (SSSR count). The quantitative estimate of drug-likeness (QED) is 0.0649. The zero-order chi connectivity index (χ0) is 30.8. The number of aliphatic hydroxyl groups is 3. The van der Waals surface area contributed by atoms with Gasteiger partial charge in [-0.15, -0.1) is 0 Å². The maximum atomic E-state index is 12.8. The van der Waals surface area contributed by atoms with E-state index in [9.17, 15) is 34.5 Å². The zero-order valence-electron chi connectivity index (χ0n) is 24.9. The van der Waals surface area contributed by atoms with Gasteiger partial charge >= 0.3 is 6.16 Å². The summed E-state index contributed by atoms with van der Waals surface area (Å²) in [7, 11) is 1.13. The highest BCUT2D eigenvalue weighted by Crippen LogP contribution is 2.17. The fourth-order valence-electron chi connectivity index (χ4n) is 4.26. The van der Waals surface area contributed by atoms with Gasteiger partial charge in [0.1, 0.15) is 36.7 Å². The first-order valence-electron chi connectivity index (χ1n) is 14.6. The van der Waals surface area contributed by atoms with Crippen LogP contribution in [0.5, 0.6) is 0 Å². The molecule has 236 valence electrons. The van der Waals surface area contributed by atoms with Crippen molar-refractivity contribution >= 4 is 24.3 Å². The molecule has 1 fully saturated rings. The number of ether oxygens (including phenoxy) is 3. The smallest absolute Gasteiger partial charge is 0.434 e. The highest BCUT2D eigenvalue weighted by molar-refractivity contribution is 5.89. The Balaban J connectivity index is 2.50. The standard InChI is InChI=1S/C29H50N2O10/c1-5-6-7-8-9-10-11-12-17-40-28(38)41-20-13-14-21(26(36)30-18-20)31-27(37)25(39-4)24(35)23(34)22(33)15-16-29(2,3)19-32/h15-16,19-25,33-35H,5-14,17-18H2,1-4H3,(H,30,36)(H,31,37). The highest BCUT2D eigenvalue weighted by atomic mass is 16.7. The SMILES string of the molecule is CCCCCCCCCCOC(=O)OC1CCC(NC(=O)C(OC)C(O)C(O)C(O)C=CC(C)(C)C=O)C(=O)NC1. The summed E-state index contributed by atoms with van der Waals surface area (Å²) in [5.74, 6) is -1.39. The van der Waals surface area contributed by atoms with Crippen molar-refractivity contribution in [1.82, 2.24) is 10.6 Å². The first kappa shape index (κ1) is 36.5. The van der Waals surface area contributed by atoms with Crippen LogP contribution in [0.15, 0.2) is 12.2 Å². The number of hydrogen-bond donors (Lipinski definition) is 5. The lowest BCUT2D eigenvalue weighted by Crippen LogP contribution is -2.55. The van der Waals surface area contributed by atoms with Crippen molar-refractivity contribution < 1.29 is 48.7 Å². The van der Waals surface area contributed by atoms with E-state index in [1.807, 2.05) is 0 Å². The number of hydrogen-bond acceptors (Lipinski definition) is 10. The fraction of sp³-hybridized carbons (Fsp3) is 0.793. The summed E-state index contributed by atoms with van der Waals surface area (Å²) in [6, 6.07) is -1.01. The highest BCUT2D eigenvalue weighted by Gasteiger charge is 2.37. The molecule has 1 aliphatic rings. The lowest BCUT2D eigenvalue weighted by molar-refractivity contribution is -0.150. The van der Waals surface area contributed by atoms with Crippen LogP contribution in [0.25, 0.3) is 0 Å². The van der Waals surface area contributed by atoms with E-state index < -0.39 is 59.9 Å². The van der Waals surface area contributed by atoms with Gasteiger partial charge in [0.2, 0.25) is 5.91 Å². The van der Waals surface area contributed by atoms with Crippen molar-refractivity contribution in [3.63, 3.8) is 0 Å². The average Bonchev–Trinajstić information content (AvgIpc) is 3.11. The number of amides is 2. The second-order valence-corrected chi connectivity index (χ2v) is 11.1. The summed E-state index contributed by atoms with van der Waals surface area (Å²) >= 11 is 0. The van der Waals surface area contributed by atoms with Crippen LogP contribution < -0.4 is 10.6 Å². The summed E-state index contributed by atoms with van der Waals surface area (Å²) in [6.07, 6.45) is 4.19. The molecule has 1 aliphatic heterocycles. The van der Waals surface area contributed by atoms with Crippen LogP contribution in [0, 0.1) is 5.41 Å². The molecule has 0 radical (unpaired) electrons. The summed E-state index contributed by atoms with van der Waals surface area (Å²) < 4.78 is 15.5. The summed E-state index contributed by atoms with van der Waals surface area (Å²) in [5, 5.41) is 36.1. The first-order valence-corrected chi connectivity index (χ1v) is 14.6. The van der Waals surface area contributed by atoms with Gasteiger partial charge in [-0.05, 0) is 33.1 Å². The minimum absolute atomic E-state index is 0.0444. The van der Waals surface area contributed by atoms with Crippen molar-refractivity contribution in [3.8, 4) is 0 Å². The predicted octanol–water partition coefficient (Wildman–Crippen LogP) is 1.92. The fourth-order valence-corrected chi connectivity index (χ4v) is 4.26. The van der Waals surface area contributed by atoms with Crippen molar-refractivity contribution in [2.75, 3.05) is 20.3 Å². The van der Waals surface area contributed by atoms with Gasteiger partial charge in [0.15, 0.2) is 6.10 Å². The van der Waals surface area contributed by atoms with Gasteiger partial charge in [-0.3, -0.25) is 9.59 Å². The van der Waals surface area contributed by atoms with Gasteiger partial charge in [0.05, 0.1) is 13.2 Å². The third kappa shape index (κ3) is 14.3. The molecule has 0 spiro atoms. The second-order valence-electron chi connectivity index (χ2n) is 11.1. The third-order valence-electron chi connectivity index (χ3n) is 6.94. The third-order valence-corrected chi connectivity index (χ3v) is 6.94. The van der Waals surface area contributed by atoms with E-state index in [-0.39, 0.29) is 26.0 Å². The number of aldehydes is 1. The minimum Gasteiger partial charge on any atom is -0.434 e. The van der Waals surface area contributed by atoms with E-state index in [1.54, 1.807) is 13.8 Å². The Morgan fingerprint density at radius 2 is 1.68 bits per heavy atom. The Bertz CT molecular complexity index is 834. The van der Waals surface area contributed by atoms with Crippen LogP contribution in [0.1, 0.15) is 85.0 Å². The van der Waals surface area contributed by atoms with Gasteiger partial charge in [0, 0.05) is 12.5 Å². The molecule has 0 bridgehead atoms. The molecule has 41 heavy (non-hydrogen) atoms.